The first-order valence-electron chi connectivity index (χ1n) is 11.6. The van der Waals surface area contributed by atoms with E-state index < -0.39 is 12.1 Å². The Bertz CT molecular complexity index is 1240. The van der Waals surface area contributed by atoms with Crippen molar-refractivity contribution in [3.05, 3.63) is 82.1 Å². The summed E-state index contributed by atoms with van der Waals surface area (Å²) in [5.74, 6) is 0.662. The number of ether oxygens (including phenoxy) is 2. The van der Waals surface area contributed by atoms with Gasteiger partial charge in [-0.25, -0.2) is 4.39 Å². The molecule has 1 saturated carbocycles. The maximum Gasteiger partial charge on any atom is 0.303 e. The van der Waals surface area contributed by atoms with E-state index in [0.717, 1.165) is 36.1 Å². The summed E-state index contributed by atoms with van der Waals surface area (Å²) in [7, 11) is 1.58. The number of carboxylic acids is 1. The van der Waals surface area contributed by atoms with Gasteiger partial charge in [0, 0.05) is 16.1 Å². The Morgan fingerprint density at radius 2 is 1.97 bits per heavy atom. The number of halogens is 2. The van der Waals surface area contributed by atoms with E-state index in [9.17, 15) is 9.90 Å². The minimum Gasteiger partial charge on any atom is -0.497 e. The second-order valence-electron chi connectivity index (χ2n) is 9.14. The van der Waals surface area contributed by atoms with Crippen molar-refractivity contribution in [1.82, 2.24) is 0 Å². The average molecular weight is 481 g/mol. The summed E-state index contributed by atoms with van der Waals surface area (Å²) in [6.07, 6.45) is 3.28. The predicted octanol–water partition coefficient (Wildman–Crippen LogP) is 7.19. The van der Waals surface area contributed by atoms with E-state index in [4.69, 9.17) is 21.1 Å². The van der Waals surface area contributed by atoms with Crippen LogP contribution in [-0.4, -0.2) is 18.2 Å². The van der Waals surface area contributed by atoms with Gasteiger partial charge in [0.15, 0.2) is 0 Å². The first-order valence-corrected chi connectivity index (χ1v) is 12.0. The maximum absolute atomic E-state index is 15.3. The van der Waals surface area contributed by atoms with Crippen LogP contribution in [0.5, 0.6) is 11.5 Å². The highest BCUT2D eigenvalue weighted by atomic mass is 35.5. The molecule has 0 amide bonds. The SMILES string of the molecule is COc1ccc(Cl)c(-c2ccc(C3CCc4ccc(C(CC(=O)O)C5CC5)cc4O3)c(F)c2)c1. The Labute approximate surface area is 203 Å². The fraction of sp³-hybridized carbons (Fsp3) is 0.321. The van der Waals surface area contributed by atoms with Gasteiger partial charge in [-0.1, -0.05) is 35.9 Å². The molecule has 0 aromatic heterocycles. The lowest BCUT2D eigenvalue weighted by molar-refractivity contribution is -0.137. The summed E-state index contributed by atoms with van der Waals surface area (Å²) < 4.78 is 26.8. The number of aliphatic carboxylic acids is 1. The van der Waals surface area contributed by atoms with Crippen LogP contribution in [0.2, 0.25) is 5.02 Å². The standard InChI is InChI=1S/C28H26ClFO4/c1-33-20-8-10-24(29)23(14-20)18-6-9-21(25(30)12-18)26-11-7-17-4-5-19(13-27(17)34-26)22(15-28(31)32)16-2-3-16/h4-6,8-10,12-14,16,22,26H,2-3,7,11,15H2,1H3,(H,31,32). The molecular formula is C28H26ClFO4. The average Bonchev–Trinajstić information content (AvgIpc) is 3.67. The molecule has 1 aliphatic heterocycles. The third kappa shape index (κ3) is 4.62. The van der Waals surface area contributed by atoms with E-state index in [2.05, 4.69) is 0 Å². The zero-order chi connectivity index (χ0) is 23.8. The molecule has 0 saturated heterocycles. The van der Waals surface area contributed by atoms with Crippen LogP contribution in [0.3, 0.4) is 0 Å². The molecule has 2 atom stereocenters. The van der Waals surface area contributed by atoms with E-state index in [1.807, 2.05) is 24.3 Å². The number of methoxy groups -OCH3 is 1. The molecule has 3 aromatic rings. The molecule has 0 radical (unpaired) electrons. The summed E-state index contributed by atoms with van der Waals surface area (Å²) in [5, 5.41) is 9.87. The summed E-state index contributed by atoms with van der Waals surface area (Å²) in [6.45, 7) is 0. The Kier molecular flexibility index (Phi) is 6.22. The summed E-state index contributed by atoms with van der Waals surface area (Å²) in [5.41, 5.74) is 3.95. The Balaban J connectivity index is 1.40. The van der Waals surface area contributed by atoms with Crippen molar-refractivity contribution in [2.24, 2.45) is 5.92 Å². The lowest BCUT2D eigenvalue weighted by Crippen LogP contribution is -2.17. The number of aryl methyl sites for hydroxylation is 1. The number of rotatable bonds is 7. The molecule has 5 rings (SSSR count). The molecule has 3 aromatic carbocycles. The second-order valence-corrected chi connectivity index (χ2v) is 9.54. The number of hydrogen-bond acceptors (Lipinski definition) is 3. The van der Waals surface area contributed by atoms with Gasteiger partial charge in [-0.05, 0) is 84.5 Å². The van der Waals surface area contributed by atoms with Gasteiger partial charge in [0.25, 0.3) is 0 Å². The van der Waals surface area contributed by atoms with Gasteiger partial charge < -0.3 is 14.6 Å². The van der Waals surface area contributed by atoms with Crippen molar-refractivity contribution in [1.29, 1.82) is 0 Å². The lowest BCUT2D eigenvalue weighted by Gasteiger charge is -2.28. The van der Waals surface area contributed by atoms with Crippen LogP contribution in [0, 0.1) is 11.7 Å². The highest BCUT2D eigenvalue weighted by molar-refractivity contribution is 6.33. The Hall–Kier alpha value is -3.05. The molecule has 2 unspecified atom stereocenters. The van der Waals surface area contributed by atoms with Crippen LogP contribution >= 0.6 is 11.6 Å². The number of hydrogen-bond donors (Lipinski definition) is 1. The number of fused-ring (bicyclic) bond motifs is 1. The molecule has 34 heavy (non-hydrogen) atoms. The third-order valence-corrected chi connectivity index (χ3v) is 7.21. The van der Waals surface area contributed by atoms with Crippen LogP contribution in [0.15, 0.2) is 54.6 Å². The molecule has 6 heteroatoms. The second kappa shape index (κ2) is 9.30. The fourth-order valence-electron chi connectivity index (χ4n) is 4.89. The first-order chi connectivity index (χ1) is 16.4. The topological polar surface area (TPSA) is 55.8 Å². The number of benzene rings is 3. The molecule has 176 valence electrons. The van der Waals surface area contributed by atoms with Gasteiger partial charge in [-0.2, -0.15) is 0 Å². The van der Waals surface area contributed by atoms with Crippen molar-refractivity contribution >= 4 is 17.6 Å². The molecule has 1 heterocycles. The summed E-state index contributed by atoms with van der Waals surface area (Å²) in [4.78, 5) is 11.4. The van der Waals surface area contributed by atoms with Gasteiger partial charge in [0.2, 0.25) is 0 Å². The van der Waals surface area contributed by atoms with Crippen molar-refractivity contribution in [3.8, 4) is 22.6 Å². The maximum atomic E-state index is 15.3. The van der Waals surface area contributed by atoms with E-state index >= 15 is 4.39 Å². The molecule has 0 spiro atoms. The third-order valence-electron chi connectivity index (χ3n) is 6.88. The zero-order valence-corrected chi connectivity index (χ0v) is 19.6. The molecule has 1 N–H and O–H groups in total. The predicted molar refractivity (Wildman–Crippen MR) is 129 cm³/mol. The van der Waals surface area contributed by atoms with Crippen LogP contribution in [0.1, 0.15) is 54.4 Å². The van der Waals surface area contributed by atoms with E-state index in [1.165, 1.54) is 6.07 Å². The van der Waals surface area contributed by atoms with Crippen LogP contribution in [0.4, 0.5) is 4.39 Å². The molecule has 1 fully saturated rings. The van der Waals surface area contributed by atoms with Crippen molar-refractivity contribution < 1.29 is 23.8 Å². The van der Waals surface area contributed by atoms with Crippen molar-refractivity contribution in [3.63, 3.8) is 0 Å². The van der Waals surface area contributed by atoms with Crippen LogP contribution in [-0.2, 0) is 11.2 Å². The minimum absolute atomic E-state index is 0.00425. The zero-order valence-electron chi connectivity index (χ0n) is 18.9. The van der Waals surface area contributed by atoms with Gasteiger partial charge in [0.1, 0.15) is 23.4 Å². The first kappa shape index (κ1) is 22.7. The van der Waals surface area contributed by atoms with Crippen LogP contribution < -0.4 is 9.47 Å². The molecular weight excluding hydrogens is 455 g/mol. The molecule has 1 aliphatic carbocycles. The monoisotopic (exact) mass is 480 g/mol. The van der Waals surface area contributed by atoms with Crippen molar-refractivity contribution in [2.45, 2.75) is 44.1 Å². The summed E-state index contributed by atoms with van der Waals surface area (Å²) >= 11 is 6.34. The van der Waals surface area contributed by atoms with Gasteiger partial charge in [-0.15, -0.1) is 0 Å². The molecule has 4 nitrogen and oxygen atoms in total. The van der Waals surface area contributed by atoms with E-state index in [1.54, 1.807) is 31.4 Å². The van der Waals surface area contributed by atoms with Gasteiger partial charge in [0.05, 0.1) is 13.5 Å². The van der Waals surface area contributed by atoms with Crippen LogP contribution in [0.25, 0.3) is 11.1 Å². The van der Waals surface area contributed by atoms with Crippen molar-refractivity contribution in [2.75, 3.05) is 7.11 Å². The summed E-state index contributed by atoms with van der Waals surface area (Å²) in [6, 6.07) is 16.4. The molecule has 0 bridgehead atoms. The van der Waals surface area contributed by atoms with Gasteiger partial charge >= 0.3 is 5.97 Å². The number of carbonyl (C=O) groups is 1. The van der Waals surface area contributed by atoms with Gasteiger partial charge in [-0.3, -0.25) is 4.79 Å². The Morgan fingerprint density at radius 3 is 2.68 bits per heavy atom. The highest BCUT2D eigenvalue weighted by Gasteiger charge is 2.34. The lowest BCUT2D eigenvalue weighted by atomic mass is 9.88. The van der Waals surface area contributed by atoms with E-state index in [-0.39, 0.29) is 18.2 Å². The largest absolute Gasteiger partial charge is 0.497 e. The van der Waals surface area contributed by atoms with E-state index in [0.29, 0.717) is 39.8 Å². The quantitative estimate of drug-likeness (QED) is 0.389. The fourth-order valence-corrected chi connectivity index (χ4v) is 5.11. The number of carboxylic acid groups (broad SMARTS) is 1. The normalized spacial score (nSPS) is 18.0. The Morgan fingerprint density at radius 1 is 1.15 bits per heavy atom. The minimum atomic E-state index is -0.785. The molecule has 2 aliphatic rings. The highest BCUT2D eigenvalue weighted by Crippen LogP contribution is 2.46. The smallest absolute Gasteiger partial charge is 0.303 e.